The molecule has 0 aromatic rings. The van der Waals surface area contributed by atoms with Crippen LogP contribution in [-0.2, 0) is 9.53 Å². The average molecular weight is 338 g/mol. The first kappa shape index (κ1) is 20.4. The number of rotatable bonds is 7. The molecule has 0 aromatic carbocycles. The average Bonchev–Trinajstić information content (AvgIpc) is 2.49. The van der Waals surface area contributed by atoms with Gasteiger partial charge in [-0.3, -0.25) is 5.32 Å². The Hall–Kier alpha value is -1.66. The summed E-state index contributed by atoms with van der Waals surface area (Å²) in [5, 5.41) is 15.9. The van der Waals surface area contributed by atoms with Gasteiger partial charge in [0.15, 0.2) is 0 Å². The Kier molecular flexibility index (Phi) is 7.17. The Labute approximate surface area is 144 Å². The van der Waals surface area contributed by atoms with Crippen molar-refractivity contribution in [1.82, 2.24) is 10.6 Å². The molecule has 6 nitrogen and oxygen atoms in total. The Morgan fingerprint density at radius 3 is 2.50 bits per heavy atom. The molecule has 0 fully saturated rings. The van der Waals surface area contributed by atoms with Crippen LogP contribution in [-0.4, -0.2) is 41.9 Å². The molecule has 0 radical (unpaired) electrons. The van der Waals surface area contributed by atoms with E-state index < -0.39 is 29.4 Å². The second kappa shape index (κ2) is 8.44. The molecule has 0 aromatic heterocycles. The highest BCUT2D eigenvalue weighted by molar-refractivity contribution is 5.68. The Morgan fingerprint density at radius 2 is 2.00 bits per heavy atom. The van der Waals surface area contributed by atoms with Crippen molar-refractivity contribution in [2.75, 3.05) is 6.54 Å². The lowest BCUT2D eigenvalue weighted by atomic mass is 9.74. The van der Waals surface area contributed by atoms with E-state index in [0.717, 1.165) is 18.4 Å². The third-order valence-electron chi connectivity index (χ3n) is 3.91. The van der Waals surface area contributed by atoms with Crippen LogP contribution in [0.2, 0.25) is 0 Å². The minimum absolute atomic E-state index is 0.00136. The highest BCUT2D eigenvalue weighted by Gasteiger charge is 2.39. The first-order valence-electron chi connectivity index (χ1n) is 8.29. The summed E-state index contributed by atoms with van der Waals surface area (Å²) >= 11 is 0. The van der Waals surface area contributed by atoms with E-state index in [2.05, 4.69) is 22.8 Å². The lowest BCUT2D eigenvalue weighted by molar-refractivity contribution is -0.107. The van der Waals surface area contributed by atoms with Gasteiger partial charge in [0, 0.05) is 5.41 Å². The molecular formula is C18H30N2O4. The van der Waals surface area contributed by atoms with Crippen LogP contribution in [0.5, 0.6) is 0 Å². The third kappa shape index (κ3) is 6.09. The van der Waals surface area contributed by atoms with Gasteiger partial charge in [0.1, 0.15) is 18.1 Å². The maximum absolute atomic E-state index is 12.2. The fourth-order valence-corrected chi connectivity index (χ4v) is 2.65. The smallest absolute Gasteiger partial charge is 0.408 e. The van der Waals surface area contributed by atoms with Gasteiger partial charge in [0.05, 0.1) is 12.6 Å². The second-order valence-electron chi connectivity index (χ2n) is 7.50. The first-order valence-corrected chi connectivity index (χ1v) is 8.29. The topological polar surface area (TPSA) is 87.7 Å². The van der Waals surface area contributed by atoms with Gasteiger partial charge in [-0.05, 0) is 39.2 Å². The van der Waals surface area contributed by atoms with Gasteiger partial charge in [-0.15, -0.1) is 0 Å². The number of hydrogen-bond acceptors (Lipinski definition) is 5. The molecule has 0 bridgehead atoms. The summed E-state index contributed by atoms with van der Waals surface area (Å²) in [5.41, 5.74) is -0.158. The third-order valence-corrected chi connectivity index (χ3v) is 3.91. The summed E-state index contributed by atoms with van der Waals surface area (Å²) in [5.74, 6) is 0. The molecule has 2 unspecified atom stereocenters. The fourth-order valence-electron chi connectivity index (χ4n) is 2.65. The highest BCUT2D eigenvalue weighted by Crippen LogP contribution is 2.35. The molecule has 3 N–H and O–H groups in total. The van der Waals surface area contributed by atoms with Crippen molar-refractivity contribution < 1.29 is 19.4 Å². The predicted molar refractivity (Wildman–Crippen MR) is 93.5 cm³/mol. The summed E-state index contributed by atoms with van der Waals surface area (Å²) in [6.45, 7) is 9.23. The van der Waals surface area contributed by atoms with Gasteiger partial charge < -0.3 is 20.0 Å². The molecule has 0 heterocycles. The molecular weight excluding hydrogens is 308 g/mol. The van der Waals surface area contributed by atoms with E-state index in [4.69, 9.17) is 4.74 Å². The zero-order chi connectivity index (χ0) is 18.4. The number of aliphatic hydroxyl groups is 1. The van der Waals surface area contributed by atoms with Gasteiger partial charge >= 0.3 is 6.09 Å². The van der Waals surface area contributed by atoms with Gasteiger partial charge in [-0.2, -0.15) is 0 Å². The maximum atomic E-state index is 12.2. The molecule has 24 heavy (non-hydrogen) atoms. The molecule has 136 valence electrons. The Morgan fingerprint density at radius 1 is 1.33 bits per heavy atom. The Balaban J connectivity index is 2.99. The number of alkyl carbamates (subject to hydrolysis) is 1. The maximum Gasteiger partial charge on any atom is 0.408 e. The van der Waals surface area contributed by atoms with Crippen LogP contribution < -0.4 is 10.6 Å². The molecule has 0 spiro atoms. The summed E-state index contributed by atoms with van der Waals surface area (Å²) < 4.78 is 5.31. The van der Waals surface area contributed by atoms with Gasteiger partial charge in [-0.25, -0.2) is 4.79 Å². The highest BCUT2D eigenvalue weighted by atomic mass is 16.6. The monoisotopic (exact) mass is 338 g/mol. The first-order chi connectivity index (χ1) is 11.1. The number of aliphatic hydroxyl groups excluding tert-OH is 1. The van der Waals surface area contributed by atoms with Gasteiger partial charge in [-0.1, -0.05) is 32.1 Å². The lowest BCUT2D eigenvalue weighted by Gasteiger charge is -2.40. The van der Waals surface area contributed by atoms with Crippen LogP contribution in [0, 0.1) is 5.41 Å². The zero-order valence-electron chi connectivity index (χ0n) is 15.3. The number of aldehydes is 1. The van der Waals surface area contributed by atoms with Crippen LogP contribution in [0.4, 0.5) is 4.79 Å². The number of ether oxygens (including phenoxy) is 1. The normalized spacial score (nSPS) is 17.7. The molecule has 1 aliphatic carbocycles. The fraction of sp³-hybridized carbons (Fsp3) is 0.667. The number of carbonyl (C=O) groups is 2. The quantitative estimate of drug-likeness (QED) is 0.490. The van der Waals surface area contributed by atoms with Gasteiger partial charge in [0.2, 0.25) is 0 Å². The van der Waals surface area contributed by atoms with Crippen molar-refractivity contribution in [1.29, 1.82) is 0 Å². The molecule has 1 aliphatic rings. The van der Waals surface area contributed by atoms with Crippen LogP contribution in [0.25, 0.3) is 0 Å². The van der Waals surface area contributed by atoms with Crippen molar-refractivity contribution >= 4 is 12.4 Å². The second-order valence-corrected chi connectivity index (χ2v) is 7.50. The number of amides is 1. The van der Waals surface area contributed by atoms with Crippen molar-refractivity contribution in [3.8, 4) is 0 Å². The summed E-state index contributed by atoms with van der Waals surface area (Å²) in [7, 11) is 0. The lowest BCUT2D eigenvalue weighted by Crippen LogP contribution is -2.58. The van der Waals surface area contributed by atoms with Crippen LogP contribution >= 0.6 is 0 Å². The standard InChI is InChI=1S/C18H30N2O4/c1-17(2,3)24-16(23)20-14(15(22)19-11-12-21)18(4,5)13-9-7-6-8-10-13/h7,9-10,12,14-15,19,22H,6,8,11H2,1-5H3,(H,20,23). The predicted octanol–water partition coefficient (Wildman–Crippen LogP) is 2.29. The van der Waals surface area contributed by atoms with E-state index in [1.807, 2.05) is 19.9 Å². The molecule has 0 saturated heterocycles. The SMILES string of the molecule is CC(C)(C)OC(=O)NC(C(O)NCC=O)C(C)(C)C1=CCCC=C1. The van der Waals surface area contributed by atoms with Crippen molar-refractivity contribution in [3.63, 3.8) is 0 Å². The minimum atomic E-state index is -1.09. The van der Waals surface area contributed by atoms with Crippen LogP contribution in [0.15, 0.2) is 23.8 Å². The van der Waals surface area contributed by atoms with Crippen molar-refractivity contribution in [3.05, 3.63) is 23.8 Å². The van der Waals surface area contributed by atoms with E-state index in [0.29, 0.717) is 6.29 Å². The molecule has 0 saturated carbocycles. The molecule has 0 aliphatic heterocycles. The minimum Gasteiger partial charge on any atom is -0.444 e. The van der Waals surface area contributed by atoms with E-state index in [1.165, 1.54) is 0 Å². The number of hydrogen-bond donors (Lipinski definition) is 3. The van der Waals surface area contributed by atoms with E-state index >= 15 is 0 Å². The van der Waals surface area contributed by atoms with Crippen molar-refractivity contribution in [2.24, 2.45) is 5.41 Å². The molecule has 2 atom stereocenters. The largest absolute Gasteiger partial charge is 0.444 e. The van der Waals surface area contributed by atoms with Crippen LogP contribution in [0.1, 0.15) is 47.5 Å². The molecule has 1 amide bonds. The molecule has 6 heteroatoms. The summed E-state index contributed by atoms with van der Waals surface area (Å²) in [6.07, 6.45) is 7.08. The Bertz CT molecular complexity index is 504. The zero-order valence-corrected chi connectivity index (χ0v) is 15.3. The van der Waals surface area contributed by atoms with E-state index in [9.17, 15) is 14.7 Å². The van der Waals surface area contributed by atoms with Crippen molar-refractivity contribution in [2.45, 2.75) is 65.3 Å². The number of allylic oxidation sites excluding steroid dienone is 3. The molecule has 1 rings (SSSR count). The number of carbonyl (C=O) groups excluding carboxylic acids is 2. The summed E-state index contributed by atoms with van der Waals surface area (Å²) in [6, 6.07) is -0.665. The van der Waals surface area contributed by atoms with E-state index in [1.54, 1.807) is 20.8 Å². The number of nitrogens with one attached hydrogen (secondary N) is 2. The van der Waals surface area contributed by atoms with Gasteiger partial charge in [0.25, 0.3) is 0 Å². The summed E-state index contributed by atoms with van der Waals surface area (Å²) in [4.78, 5) is 22.8. The van der Waals surface area contributed by atoms with E-state index in [-0.39, 0.29) is 6.54 Å². The van der Waals surface area contributed by atoms with Crippen LogP contribution in [0.3, 0.4) is 0 Å².